The number of thiophene rings is 1. The van der Waals surface area contributed by atoms with Crippen molar-refractivity contribution in [3.63, 3.8) is 0 Å². The number of nitrogens with two attached hydrogens (primary N) is 1. The normalized spacial score (nSPS) is 24.7. The Balaban J connectivity index is 1.44. The lowest BCUT2D eigenvalue weighted by molar-refractivity contribution is -0.137. The third kappa shape index (κ3) is 5.28. The minimum Gasteiger partial charge on any atom is -0.472 e. The van der Waals surface area contributed by atoms with E-state index in [0.717, 1.165) is 18.6 Å². The fourth-order valence-electron chi connectivity index (χ4n) is 7.16. The number of nitrogens with zero attached hydrogens (tertiary/aromatic N) is 4. The summed E-state index contributed by atoms with van der Waals surface area (Å²) < 4.78 is 116. The molecule has 2 aromatic carbocycles. The Kier molecular flexibility index (Phi) is 7.84. The Morgan fingerprint density at radius 1 is 1.23 bits per heavy atom. The van der Waals surface area contributed by atoms with Crippen LogP contribution in [0.1, 0.15) is 36.8 Å². The SMILES string of the molecule is N#Cc1c(N)sc2c(F)ccc(-c3c(C(F)(F)F)cc4c(O[C@@H]5CCN[C@@H]5CF)nc(OCC56CCCN5C[C@H](F)C6)nc4c3F)c12. The zero-order chi connectivity index (χ0) is 33.2. The first-order valence-electron chi connectivity index (χ1n) is 14.9. The predicted octanol–water partition coefficient (Wildman–Crippen LogP) is 6.30. The lowest BCUT2D eigenvalue weighted by atomic mass is 9.92. The Morgan fingerprint density at radius 2 is 2.04 bits per heavy atom. The van der Waals surface area contributed by atoms with Crippen molar-refractivity contribution in [3.05, 3.63) is 41.0 Å². The first kappa shape index (κ1) is 31.6. The molecular weight excluding hydrogens is 653 g/mol. The van der Waals surface area contributed by atoms with Gasteiger partial charge in [-0.05, 0) is 50.0 Å². The molecule has 3 aliphatic heterocycles. The molecule has 4 aromatic rings. The quantitative estimate of drug-likeness (QED) is 0.219. The molecule has 7 rings (SSSR count). The molecule has 3 N–H and O–H groups in total. The maximum Gasteiger partial charge on any atom is 0.417 e. The number of hydrogen-bond donors (Lipinski definition) is 2. The zero-order valence-electron chi connectivity index (χ0n) is 24.6. The summed E-state index contributed by atoms with van der Waals surface area (Å²) in [7, 11) is 0. The van der Waals surface area contributed by atoms with Gasteiger partial charge in [-0.25, -0.2) is 17.6 Å². The van der Waals surface area contributed by atoms with E-state index in [2.05, 4.69) is 15.3 Å². The molecule has 0 saturated carbocycles. The van der Waals surface area contributed by atoms with Gasteiger partial charge >= 0.3 is 12.2 Å². The third-order valence-corrected chi connectivity index (χ3v) is 10.4. The van der Waals surface area contributed by atoms with Gasteiger partial charge in [0, 0.05) is 23.9 Å². The highest BCUT2D eigenvalue weighted by Crippen LogP contribution is 2.48. The molecule has 3 fully saturated rings. The van der Waals surface area contributed by atoms with Crippen molar-refractivity contribution in [3.8, 4) is 29.1 Å². The molecule has 0 amide bonds. The number of halogens is 7. The van der Waals surface area contributed by atoms with Crippen LogP contribution in [0.4, 0.5) is 35.7 Å². The van der Waals surface area contributed by atoms with Gasteiger partial charge in [0.1, 0.15) is 48.0 Å². The summed E-state index contributed by atoms with van der Waals surface area (Å²) in [5.41, 5.74) is 1.49. The maximum absolute atomic E-state index is 16.8. The van der Waals surface area contributed by atoms with E-state index >= 15 is 4.39 Å². The van der Waals surface area contributed by atoms with Crippen molar-refractivity contribution < 1.29 is 40.2 Å². The van der Waals surface area contributed by atoms with Crippen LogP contribution in [0.15, 0.2) is 18.2 Å². The van der Waals surface area contributed by atoms with E-state index in [-0.39, 0.29) is 40.2 Å². The van der Waals surface area contributed by atoms with Crippen LogP contribution < -0.4 is 20.5 Å². The smallest absolute Gasteiger partial charge is 0.417 e. The van der Waals surface area contributed by atoms with Crippen LogP contribution in [0.2, 0.25) is 0 Å². The number of anilines is 1. The second-order valence-electron chi connectivity index (χ2n) is 12.1. The van der Waals surface area contributed by atoms with Gasteiger partial charge in [0.2, 0.25) is 5.88 Å². The number of alkyl halides is 5. The molecule has 8 nitrogen and oxygen atoms in total. The molecule has 47 heavy (non-hydrogen) atoms. The molecule has 16 heteroatoms. The van der Waals surface area contributed by atoms with E-state index in [1.165, 1.54) is 0 Å². The predicted molar refractivity (Wildman–Crippen MR) is 160 cm³/mol. The van der Waals surface area contributed by atoms with Gasteiger partial charge in [0.15, 0.2) is 5.82 Å². The van der Waals surface area contributed by atoms with Crippen LogP contribution in [0.3, 0.4) is 0 Å². The molecule has 3 aliphatic rings. The van der Waals surface area contributed by atoms with Gasteiger partial charge in [0.25, 0.3) is 0 Å². The largest absolute Gasteiger partial charge is 0.472 e. The van der Waals surface area contributed by atoms with Gasteiger partial charge in [-0.1, -0.05) is 6.07 Å². The Morgan fingerprint density at radius 3 is 2.79 bits per heavy atom. The van der Waals surface area contributed by atoms with Gasteiger partial charge in [-0.3, -0.25) is 4.90 Å². The average molecular weight is 681 g/mol. The number of aromatic nitrogens is 2. The van der Waals surface area contributed by atoms with Crippen LogP contribution >= 0.6 is 11.3 Å². The molecule has 0 aliphatic carbocycles. The average Bonchev–Trinajstić information content (AvgIpc) is 3.78. The molecule has 0 spiro atoms. The lowest BCUT2D eigenvalue weighted by Crippen LogP contribution is -2.43. The van der Waals surface area contributed by atoms with Crippen LogP contribution in [-0.4, -0.2) is 71.6 Å². The third-order valence-electron chi connectivity index (χ3n) is 9.32. The number of benzene rings is 2. The summed E-state index contributed by atoms with van der Waals surface area (Å²) in [6.45, 7) is 0.365. The molecular formula is C31H27F7N6O2S. The minimum absolute atomic E-state index is 0.0656. The van der Waals surface area contributed by atoms with Crippen molar-refractivity contribution in [1.82, 2.24) is 20.2 Å². The molecule has 248 valence electrons. The molecule has 0 bridgehead atoms. The van der Waals surface area contributed by atoms with Crippen LogP contribution in [0.25, 0.3) is 32.1 Å². The molecule has 1 unspecified atom stereocenters. The Labute approximate surface area is 267 Å². The first-order valence-corrected chi connectivity index (χ1v) is 15.8. The molecule has 4 atom stereocenters. The van der Waals surface area contributed by atoms with Crippen molar-refractivity contribution in [2.75, 3.05) is 38.6 Å². The standard InChI is InChI=1S/C31H27F7N6O2S/c32-10-20-21(4-6-41-20)46-28-16-8-18(31(36,37)38)23(15-2-3-19(34)26-22(15)17(11-39)27(40)47-26)24(35)25(16)42-29(43-28)45-13-30-5-1-7-44(30)12-14(33)9-30/h2-3,8,14,20-21,41H,1,4-7,9-10,12-13,40H2/t14-,20-,21-,30?/m1/s1. The summed E-state index contributed by atoms with van der Waals surface area (Å²) >= 11 is 0.656. The number of rotatable bonds is 7. The fourth-order valence-corrected chi connectivity index (χ4v) is 8.11. The Hall–Kier alpha value is -3.94. The fraction of sp³-hybridized carbons (Fsp3) is 0.452. The van der Waals surface area contributed by atoms with E-state index in [0.29, 0.717) is 43.3 Å². The number of hydrogen-bond acceptors (Lipinski definition) is 9. The maximum atomic E-state index is 16.8. The first-order chi connectivity index (χ1) is 22.4. The van der Waals surface area contributed by atoms with E-state index in [1.807, 2.05) is 4.90 Å². The van der Waals surface area contributed by atoms with Crippen molar-refractivity contribution in [2.45, 2.75) is 55.7 Å². The summed E-state index contributed by atoms with van der Waals surface area (Å²) in [6, 6.07) is 3.02. The number of nitrogens with one attached hydrogen (secondary N) is 1. The van der Waals surface area contributed by atoms with Gasteiger partial charge < -0.3 is 20.5 Å². The topological polar surface area (TPSA) is 109 Å². The second kappa shape index (κ2) is 11.6. The van der Waals surface area contributed by atoms with Crippen molar-refractivity contribution in [1.29, 1.82) is 5.26 Å². The monoisotopic (exact) mass is 680 g/mol. The van der Waals surface area contributed by atoms with Gasteiger partial charge in [0.05, 0.1) is 32.8 Å². The van der Waals surface area contributed by atoms with Crippen LogP contribution in [-0.2, 0) is 6.18 Å². The Bertz CT molecular complexity index is 1930. The molecule has 2 aromatic heterocycles. The highest BCUT2D eigenvalue weighted by atomic mass is 32.1. The highest BCUT2D eigenvalue weighted by molar-refractivity contribution is 7.23. The van der Waals surface area contributed by atoms with E-state index in [4.69, 9.17) is 15.2 Å². The zero-order valence-corrected chi connectivity index (χ0v) is 25.4. The number of nitriles is 1. The second-order valence-corrected chi connectivity index (χ2v) is 13.1. The van der Waals surface area contributed by atoms with Gasteiger partial charge in [-0.2, -0.15) is 28.4 Å². The van der Waals surface area contributed by atoms with Crippen molar-refractivity contribution in [2.24, 2.45) is 0 Å². The van der Waals surface area contributed by atoms with E-state index in [1.54, 1.807) is 6.07 Å². The summed E-state index contributed by atoms with van der Waals surface area (Å²) in [5.74, 6) is -2.75. The number of nitrogen functional groups attached to an aromatic ring is 1. The highest BCUT2D eigenvalue weighted by Gasteiger charge is 2.49. The van der Waals surface area contributed by atoms with Crippen molar-refractivity contribution >= 4 is 37.3 Å². The van der Waals surface area contributed by atoms with Crippen LogP contribution in [0, 0.1) is 23.0 Å². The minimum atomic E-state index is -5.15. The summed E-state index contributed by atoms with van der Waals surface area (Å²) in [4.78, 5) is 10.4. The van der Waals surface area contributed by atoms with E-state index < -0.39 is 87.8 Å². The summed E-state index contributed by atoms with van der Waals surface area (Å²) in [5, 5.41) is 11.8. The molecule has 5 heterocycles. The van der Waals surface area contributed by atoms with Crippen LogP contribution in [0.5, 0.6) is 11.9 Å². The van der Waals surface area contributed by atoms with Gasteiger partial charge in [-0.15, -0.1) is 11.3 Å². The summed E-state index contributed by atoms with van der Waals surface area (Å²) in [6.07, 6.45) is -5.13. The molecule has 0 radical (unpaired) electrons. The molecule has 3 saturated heterocycles. The number of ether oxygens (including phenoxy) is 2. The lowest BCUT2D eigenvalue weighted by Gasteiger charge is -2.30. The van der Waals surface area contributed by atoms with E-state index in [9.17, 15) is 31.6 Å². The number of fused-ring (bicyclic) bond motifs is 3.